The monoisotopic (exact) mass is 293 g/mol. The molecule has 0 heterocycles. The molecule has 21 heavy (non-hydrogen) atoms. The maximum atomic E-state index is 13.3. The smallest absolute Gasteiger partial charge is 0.186 e. The maximum Gasteiger partial charge on any atom is 0.186 e. The van der Waals surface area contributed by atoms with Crippen LogP contribution in [0.4, 0.5) is 23.2 Å². The van der Waals surface area contributed by atoms with E-state index in [4.69, 9.17) is 5.26 Å². The Kier molecular flexibility index (Phi) is 4.18. The molecule has 0 saturated carbocycles. The summed E-state index contributed by atoms with van der Waals surface area (Å²) in [4.78, 5) is 0. The Hall–Kier alpha value is -2.88. The molecule has 0 aliphatic carbocycles. The molecule has 0 saturated heterocycles. The van der Waals surface area contributed by atoms with Crippen molar-refractivity contribution in [3.05, 3.63) is 64.7 Å². The van der Waals surface area contributed by atoms with Gasteiger partial charge in [-0.2, -0.15) is 10.4 Å². The second kappa shape index (κ2) is 6.05. The summed E-state index contributed by atoms with van der Waals surface area (Å²) >= 11 is 0. The number of hydrazone groups is 1. The van der Waals surface area contributed by atoms with Gasteiger partial charge in [0.2, 0.25) is 0 Å². The van der Waals surface area contributed by atoms with Crippen molar-refractivity contribution in [2.75, 3.05) is 5.43 Å². The van der Waals surface area contributed by atoms with Crippen molar-refractivity contribution in [2.24, 2.45) is 5.10 Å². The maximum absolute atomic E-state index is 13.3. The van der Waals surface area contributed by atoms with Gasteiger partial charge in [-0.1, -0.05) is 12.1 Å². The summed E-state index contributed by atoms with van der Waals surface area (Å²) in [6.45, 7) is 0. The van der Waals surface area contributed by atoms with Gasteiger partial charge >= 0.3 is 0 Å². The van der Waals surface area contributed by atoms with E-state index in [2.05, 4.69) is 5.10 Å². The van der Waals surface area contributed by atoms with Gasteiger partial charge in [0, 0.05) is 6.07 Å². The fourth-order valence-corrected chi connectivity index (χ4v) is 1.49. The lowest BCUT2D eigenvalue weighted by molar-refractivity contribution is 0.458. The van der Waals surface area contributed by atoms with Crippen LogP contribution in [0.25, 0.3) is 0 Å². The van der Waals surface area contributed by atoms with Crippen LogP contribution in [0.5, 0.6) is 0 Å². The molecule has 2 aromatic carbocycles. The van der Waals surface area contributed by atoms with E-state index in [1.807, 2.05) is 11.5 Å². The zero-order valence-electron chi connectivity index (χ0n) is 10.4. The molecular formula is C14H7F4N3. The second-order valence-corrected chi connectivity index (χ2v) is 3.95. The van der Waals surface area contributed by atoms with Crippen LogP contribution >= 0.6 is 0 Å². The number of rotatable bonds is 3. The average Bonchev–Trinajstić information content (AvgIpc) is 2.49. The van der Waals surface area contributed by atoms with Gasteiger partial charge in [0.15, 0.2) is 23.3 Å². The number of nitrogens with zero attached hydrogens (tertiary/aromatic N) is 2. The van der Waals surface area contributed by atoms with E-state index in [0.717, 1.165) is 0 Å². The Labute approximate surface area is 117 Å². The lowest BCUT2D eigenvalue weighted by atomic mass is 10.2. The lowest BCUT2D eigenvalue weighted by Gasteiger charge is -2.05. The molecule has 0 radical (unpaired) electrons. The second-order valence-electron chi connectivity index (χ2n) is 3.95. The van der Waals surface area contributed by atoms with Gasteiger partial charge in [-0.25, -0.2) is 17.6 Å². The predicted molar refractivity (Wildman–Crippen MR) is 68.6 cm³/mol. The highest BCUT2D eigenvalue weighted by molar-refractivity contribution is 5.80. The van der Waals surface area contributed by atoms with E-state index in [0.29, 0.717) is 11.1 Å². The van der Waals surface area contributed by atoms with Crippen LogP contribution < -0.4 is 5.43 Å². The zero-order chi connectivity index (χ0) is 15.4. The minimum absolute atomic E-state index is 0.111. The largest absolute Gasteiger partial charge is 0.272 e. The van der Waals surface area contributed by atoms with E-state index in [1.165, 1.54) is 18.3 Å². The molecule has 7 heteroatoms. The van der Waals surface area contributed by atoms with Crippen molar-refractivity contribution in [1.82, 2.24) is 0 Å². The van der Waals surface area contributed by atoms with Crippen molar-refractivity contribution in [1.29, 1.82) is 5.26 Å². The summed E-state index contributed by atoms with van der Waals surface area (Å²) in [6.07, 6.45) is 1.18. The topological polar surface area (TPSA) is 48.2 Å². The molecular weight excluding hydrogens is 286 g/mol. The fraction of sp³-hybridized carbons (Fsp3) is 0. The van der Waals surface area contributed by atoms with Crippen molar-refractivity contribution >= 4 is 11.9 Å². The Bertz CT molecular complexity index is 707. The van der Waals surface area contributed by atoms with E-state index in [-0.39, 0.29) is 6.07 Å². The minimum Gasteiger partial charge on any atom is -0.272 e. The Morgan fingerprint density at radius 1 is 1.00 bits per heavy atom. The number of benzene rings is 2. The SMILES string of the molecule is N#Cc1ccc(C=NNc2c(F)c(F)cc(F)c2F)cc1. The Morgan fingerprint density at radius 2 is 1.57 bits per heavy atom. The molecule has 3 nitrogen and oxygen atoms in total. The third-order valence-corrected chi connectivity index (χ3v) is 2.54. The van der Waals surface area contributed by atoms with E-state index < -0.39 is 29.0 Å². The van der Waals surface area contributed by atoms with Gasteiger partial charge in [-0.05, 0) is 17.7 Å². The minimum atomic E-state index is -1.56. The number of nitrogens with one attached hydrogen (secondary N) is 1. The molecule has 0 aliphatic heterocycles. The quantitative estimate of drug-likeness (QED) is 0.407. The molecule has 2 rings (SSSR count). The summed E-state index contributed by atoms with van der Waals surface area (Å²) in [6, 6.07) is 8.16. The van der Waals surface area contributed by atoms with Crippen LogP contribution in [-0.2, 0) is 0 Å². The van der Waals surface area contributed by atoms with Crippen LogP contribution in [0.15, 0.2) is 35.4 Å². The predicted octanol–water partition coefficient (Wildman–Crippen LogP) is 3.56. The molecule has 0 atom stereocenters. The summed E-state index contributed by atoms with van der Waals surface area (Å²) in [5.41, 5.74) is 1.86. The first kappa shape index (κ1) is 14.5. The summed E-state index contributed by atoms with van der Waals surface area (Å²) < 4.78 is 52.5. The molecule has 0 aromatic heterocycles. The zero-order valence-corrected chi connectivity index (χ0v) is 10.4. The molecule has 1 N–H and O–H groups in total. The van der Waals surface area contributed by atoms with Crippen LogP contribution in [0.1, 0.15) is 11.1 Å². The molecule has 0 spiro atoms. The number of hydrogen-bond acceptors (Lipinski definition) is 3. The van der Waals surface area contributed by atoms with Gasteiger partial charge in [-0.15, -0.1) is 0 Å². The third-order valence-electron chi connectivity index (χ3n) is 2.54. The summed E-state index contributed by atoms with van der Waals surface area (Å²) in [5.74, 6) is -6.17. The Balaban J connectivity index is 2.19. The van der Waals surface area contributed by atoms with E-state index in [9.17, 15) is 17.6 Å². The van der Waals surface area contributed by atoms with Crippen LogP contribution in [0.2, 0.25) is 0 Å². The van der Waals surface area contributed by atoms with Crippen LogP contribution in [0, 0.1) is 34.6 Å². The highest BCUT2D eigenvalue weighted by Crippen LogP contribution is 2.23. The lowest BCUT2D eigenvalue weighted by Crippen LogP contribution is -2.02. The molecule has 0 bridgehead atoms. The molecule has 0 aliphatic rings. The van der Waals surface area contributed by atoms with Gasteiger partial charge in [-0.3, -0.25) is 5.43 Å². The average molecular weight is 293 g/mol. The first-order chi connectivity index (χ1) is 10.0. The molecule has 106 valence electrons. The first-order valence-corrected chi connectivity index (χ1v) is 5.65. The molecule has 0 amide bonds. The van der Waals surface area contributed by atoms with E-state index >= 15 is 0 Å². The van der Waals surface area contributed by atoms with Gasteiger partial charge in [0.05, 0.1) is 17.8 Å². The van der Waals surface area contributed by atoms with Gasteiger partial charge in [0.25, 0.3) is 0 Å². The first-order valence-electron chi connectivity index (χ1n) is 5.65. The summed E-state index contributed by atoms with van der Waals surface area (Å²) in [7, 11) is 0. The standard InChI is InChI=1S/C14H7F4N3/c15-10-5-11(16)13(18)14(12(10)17)21-20-7-9-3-1-8(6-19)2-4-9/h1-5,7,21H. The highest BCUT2D eigenvalue weighted by Gasteiger charge is 2.18. The fourth-order valence-electron chi connectivity index (χ4n) is 1.49. The normalized spacial score (nSPS) is 10.6. The number of nitriles is 1. The van der Waals surface area contributed by atoms with Crippen molar-refractivity contribution in [3.63, 3.8) is 0 Å². The van der Waals surface area contributed by atoms with E-state index in [1.54, 1.807) is 12.1 Å². The Morgan fingerprint density at radius 3 is 2.10 bits per heavy atom. The van der Waals surface area contributed by atoms with Gasteiger partial charge in [0.1, 0.15) is 5.69 Å². The molecule has 2 aromatic rings. The van der Waals surface area contributed by atoms with Crippen molar-refractivity contribution in [3.8, 4) is 6.07 Å². The molecule has 0 fully saturated rings. The molecule has 0 unspecified atom stereocenters. The number of anilines is 1. The van der Waals surface area contributed by atoms with Crippen LogP contribution in [0.3, 0.4) is 0 Å². The third kappa shape index (κ3) is 3.17. The van der Waals surface area contributed by atoms with Gasteiger partial charge < -0.3 is 0 Å². The van der Waals surface area contributed by atoms with Crippen molar-refractivity contribution < 1.29 is 17.6 Å². The summed E-state index contributed by atoms with van der Waals surface area (Å²) in [5, 5.41) is 12.1. The highest BCUT2D eigenvalue weighted by atomic mass is 19.2. The van der Waals surface area contributed by atoms with Crippen molar-refractivity contribution in [2.45, 2.75) is 0 Å². The number of halogens is 4. The van der Waals surface area contributed by atoms with Crippen LogP contribution in [-0.4, -0.2) is 6.21 Å². The number of hydrogen-bond donors (Lipinski definition) is 1.